The molecule has 36 heavy (non-hydrogen) atoms. The van der Waals surface area contributed by atoms with Crippen LogP contribution in [0, 0.1) is 0 Å². The molecule has 0 fully saturated rings. The molecule has 6 aromatic carbocycles. The molecule has 1 spiro atoms. The van der Waals surface area contributed by atoms with Gasteiger partial charge in [-0.05, 0) is 69.4 Å². The molecule has 0 radical (unpaired) electrons. The number of rotatable bonds is 0. The summed E-state index contributed by atoms with van der Waals surface area (Å²) >= 11 is 0. The molecule has 0 saturated carbocycles. The highest BCUT2D eigenvalue weighted by Crippen LogP contribution is 2.63. The predicted molar refractivity (Wildman–Crippen MR) is 142 cm³/mol. The van der Waals surface area contributed by atoms with Gasteiger partial charge in [0, 0.05) is 21.9 Å². The van der Waals surface area contributed by atoms with Crippen LogP contribution in [-0.4, -0.2) is 10.2 Å². The van der Waals surface area contributed by atoms with E-state index in [-0.39, 0.29) is 11.5 Å². The summed E-state index contributed by atoms with van der Waals surface area (Å²) < 4.78 is 6.84. The summed E-state index contributed by atoms with van der Waals surface area (Å²) in [7, 11) is 0. The van der Waals surface area contributed by atoms with E-state index in [1.165, 1.54) is 22.3 Å². The standard InChI is InChI=1S/C33H20O3/c34-21-11-13-23-19(17-21)9-15-29-31(23)36-32-24-14-12-22(35)18-20(24)10-16-30(32)33(29)27-7-3-1-5-25(27)26-6-2-4-8-28(26)33/h1-18,34-35H. The van der Waals surface area contributed by atoms with E-state index in [1.807, 2.05) is 12.1 Å². The zero-order valence-electron chi connectivity index (χ0n) is 19.2. The summed E-state index contributed by atoms with van der Waals surface area (Å²) in [6.07, 6.45) is 0. The van der Waals surface area contributed by atoms with Gasteiger partial charge < -0.3 is 14.9 Å². The van der Waals surface area contributed by atoms with Crippen molar-refractivity contribution >= 4 is 21.5 Å². The summed E-state index contributed by atoms with van der Waals surface area (Å²) in [5, 5.41) is 24.1. The van der Waals surface area contributed by atoms with Crippen LogP contribution in [0.2, 0.25) is 0 Å². The van der Waals surface area contributed by atoms with Crippen LogP contribution in [0.1, 0.15) is 22.3 Å². The normalized spacial score (nSPS) is 14.2. The van der Waals surface area contributed by atoms with Gasteiger partial charge >= 0.3 is 0 Å². The van der Waals surface area contributed by atoms with Crippen molar-refractivity contribution in [2.24, 2.45) is 0 Å². The van der Waals surface area contributed by atoms with Gasteiger partial charge in [0.15, 0.2) is 0 Å². The van der Waals surface area contributed by atoms with Crippen LogP contribution in [0.4, 0.5) is 0 Å². The van der Waals surface area contributed by atoms with Gasteiger partial charge in [-0.2, -0.15) is 0 Å². The Balaban J connectivity index is 1.61. The number of fused-ring (bicyclic) bond motifs is 13. The molecule has 0 amide bonds. The fraction of sp³-hybridized carbons (Fsp3) is 0.0303. The summed E-state index contributed by atoms with van der Waals surface area (Å²) in [5.74, 6) is 2.05. The number of phenols is 2. The van der Waals surface area contributed by atoms with E-state index in [2.05, 4.69) is 72.8 Å². The Morgan fingerprint density at radius 1 is 0.472 bits per heavy atom. The molecular formula is C33H20O3. The van der Waals surface area contributed by atoms with Crippen LogP contribution in [-0.2, 0) is 5.41 Å². The molecule has 0 saturated heterocycles. The second-order valence-corrected chi connectivity index (χ2v) is 9.64. The smallest absolute Gasteiger partial charge is 0.140 e. The lowest BCUT2D eigenvalue weighted by Gasteiger charge is -2.40. The van der Waals surface area contributed by atoms with E-state index < -0.39 is 5.41 Å². The van der Waals surface area contributed by atoms with Crippen molar-refractivity contribution in [3.05, 3.63) is 131 Å². The molecule has 6 aromatic rings. The number of benzene rings is 6. The van der Waals surface area contributed by atoms with Crippen LogP contribution in [0.25, 0.3) is 32.7 Å². The fourth-order valence-electron chi connectivity index (χ4n) is 6.45. The molecule has 1 heterocycles. The van der Waals surface area contributed by atoms with E-state index >= 15 is 0 Å². The Hall–Kier alpha value is -4.76. The first kappa shape index (κ1) is 19.5. The van der Waals surface area contributed by atoms with Gasteiger partial charge in [-0.25, -0.2) is 0 Å². The van der Waals surface area contributed by atoms with E-state index in [4.69, 9.17) is 4.74 Å². The molecule has 0 atom stereocenters. The highest BCUT2D eigenvalue weighted by atomic mass is 16.5. The predicted octanol–water partition coefficient (Wildman–Crippen LogP) is 7.87. The SMILES string of the molecule is Oc1ccc2c3c(ccc2c1)C1(c2ccccc2-c2ccccc21)c1ccc2cc(O)ccc2c1O3. The van der Waals surface area contributed by atoms with Crippen LogP contribution in [0.15, 0.2) is 109 Å². The minimum Gasteiger partial charge on any atom is -0.508 e. The fourth-order valence-corrected chi connectivity index (χ4v) is 6.45. The largest absolute Gasteiger partial charge is 0.508 e. The average Bonchev–Trinajstić information content (AvgIpc) is 3.19. The second-order valence-electron chi connectivity index (χ2n) is 9.64. The van der Waals surface area contributed by atoms with E-state index in [0.717, 1.165) is 44.2 Å². The van der Waals surface area contributed by atoms with Gasteiger partial charge in [-0.3, -0.25) is 0 Å². The zero-order chi connectivity index (χ0) is 24.0. The summed E-state index contributed by atoms with van der Waals surface area (Å²) in [6, 6.07) is 36.6. The number of hydrogen-bond donors (Lipinski definition) is 2. The number of hydrogen-bond acceptors (Lipinski definition) is 3. The summed E-state index contributed by atoms with van der Waals surface area (Å²) in [4.78, 5) is 0. The maximum atomic E-state index is 10.2. The molecule has 2 aliphatic rings. The molecule has 0 bridgehead atoms. The first-order chi connectivity index (χ1) is 17.7. The maximum absolute atomic E-state index is 10.2. The highest BCUT2D eigenvalue weighted by molar-refractivity contribution is 6.00. The van der Waals surface area contributed by atoms with Gasteiger partial charge in [-0.15, -0.1) is 0 Å². The van der Waals surface area contributed by atoms with Gasteiger partial charge in [0.05, 0.1) is 5.41 Å². The van der Waals surface area contributed by atoms with E-state index in [1.54, 1.807) is 24.3 Å². The van der Waals surface area contributed by atoms with Crippen LogP contribution < -0.4 is 4.74 Å². The highest BCUT2D eigenvalue weighted by Gasteiger charge is 2.51. The summed E-state index contributed by atoms with van der Waals surface area (Å²) in [6.45, 7) is 0. The van der Waals surface area contributed by atoms with Crippen LogP contribution >= 0.6 is 0 Å². The van der Waals surface area contributed by atoms with Gasteiger partial charge in [0.25, 0.3) is 0 Å². The van der Waals surface area contributed by atoms with E-state index in [9.17, 15) is 10.2 Å². The number of phenolic OH excluding ortho intramolecular Hbond substituents is 2. The topological polar surface area (TPSA) is 49.7 Å². The Labute approximate surface area is 207 Å². The Morgan fingerprint density at radius 3 is 1.44 bits per heavy atom. The molecule has 0 unspecified atom stereocenters. The lowest BCUT2D eigenvalue weighted by atomic mass is 9.65. The third-order valence-electron chi connectivity index (χ3n) is 7.87. The first-order valence-corrected chi connectivity index (χ1v) is 12.1. The minimum absolute atomic E-state index is 0.228. The third kappa shape index (κ3) is 2.28. The molecule has 1 aliphatic carbocycles. The Bertz CT molecular complexity index is 1760. The molecule has 3 heteroatoms. The van der Waals surface area contributed by atoms with Crippen LogP contribution in [0.5, 0.6) is 23.0 Å². The number of ether oxygens (including phenoxy) is 1. The monoisotopic (exact) mass is 464 g/mol. The quantitative estimate of drug-likeness (QED) is 0.240. The summed E-state index contributed by atoms with van der Waals surface area (Å²) in [5.41, 5.74) is 6.52. The average molecular weight is 465 g/mol. The molecule has 2 N–H and O–H groups in total. The van der Waals surface area contributed by atoms with Crippen molar-refractivity contribution in [2.75, 3.05) is 0 Å². The molecule has 170 valence electrons. The van der Waals surface area contributed by atoms with Gasteiger partial charge in [0.1, 0.15) is 23.0 Å². The Morgan fingerprint density at radius 2 is 0.944 bits per heavy atom. The van der Waals surface area contributed by atoms with Gasteiger partial charge in [0.2, 0.25) is 0 Å². The van der Waals surface area contributed by atoms with Gasteiger partial charge in [-0.1, -0.05) is 72.8 Å². The van der Waals surface area contributed by atoms with Crippen LogP contribution in [0.3, 0.4) is 0 Å². The first-order valence-electron chi connectivity index (χ1n) is 12.1. The van der Waals surface area contributed by atoms with Crippen molar-refractivity contribution in [3.8, 4) is 34.1 Å². The molecule has 1 aliphatic heterocycles. The lowest BCUT2D eigenvalue weighted by Crippen LogP contribution is -2.32. The van der Waals surface area contributed by atoms with Crippen molar-refractivity contribution in [2.45, 2.75) is 5.41 Å². The minimum atomic E-state index is -0.561. The molecular weight excluding hydrogens is 444 g/mol. The lowest BCUT2D eigenvalue weighted by molar-refractivity contribution is 0.446. The number of aromatic hydroxyl groups is 2. The van der Waals surface area contributed by atoms with E-state index in [0.29, 0.717) is 0 Å². The van der Waals surface area contributed by atoms with Crippen molar-refractivity contribution in [3.63, 3.8) is 0 Å². The second kappa shape index (κ2) is 6.67. The molecule has 8 rings (SSSR count). The maximum Gasteiger partial charge on any atom is 0.140 e. The van der Waals surface area contributed by atoms with Crippen molar-refractivity contribution < 1.29 is 14.9 Å². The van der Waals surface area contributed by atoms with Crippen molar-refractivity contribution in [1.29, 1.82) is 0 Å². The zero-order valence-corrected chi connectivity index (χ0v) is 19.2. The molecule has 3 nitrogen and oxygen atoms in total. The van der Waals surface area contributed by atoms with Crippen molar-refractivity contribution in [1.82, 2.24) is 0 Å². The third-order valence-corrected chi connectivity index (χ3v) is 7.87. The molecule has 0 aromatic heterocycles. The Kier molecular flexibility index (Phi) is 3.62.